The zero-order valence-electron chi connectivity index (χ0n) is 19.9. The molecule has 172 valence electrons. The van der Waals surface area contributed by atoms with Gasteiger partial charge < -0.3 is 9.84 Å². The third-order valence-electron chi connectivity index (χ3n) is 7.67. The summed E-state index contributed by atoms with van der Waals surface area (Å²) in [6.45, 7) is 6.99. The molecule has 1 heterocycles. The van der Waals surface area contributed by atoms with Crippen molar-refractivity contribution in [3.8, 4) is 22.6 Å². The average Bonchev–Trinajstić information content (AvgIpc) is 3.32. The number of fused-ring (bicyclic) bond motifs is 1. The highest BCUT2D eigenvalue weighted by molar-refractivity contribution is 5.68. The molecule has 33 heavy (non-hydrogen) atoms. The molecule has 0 aromatic heterocycles. The standard InChI is InChI=1S/C30H35NO2/c1-21-10-6-7-17-31(21)19-28-26-15-9-16-27(26)30(18-29(28)32)33-20-24-13-8-14-25(22(24)2)23-11-4-3-5-12-23/h3-5,8,11-14,18,21,32H,6-7,9-10,15-17,19-20H2,1-2H3/t21-/m1/s1. The molecular formula is C30H35NO2. The van der Waals surface area contributed by atoms with Gasteiger partial charge in [0.2, 0.25) is 0 Å². The van der Waals surface area contributed by atoms with Gasteiger partial charge in [-0.2, -0.15) is 0 Å². The molecule has 1 aliphatic carbocycles. The van der Waals surface area contributed by atoms with Crippen molar-refractivity contribution in [2.75, 3.05) is 6.54 Å². The first kappa shape index (κ1) is 22.0. The molecular weight excluding hydrogens is 406 g/mol. The van der Waals surface area contributed by atoms with Crippen molar-refractivity contribution in [3.05, 3.63) is 82.4 Å². The van der Waals surface area contributed by atoms with Crippen molar-refractivity contribution in [2.45, 2.75) is 71.6 Å². The van der Waals surface area contributed by atoms with E-state index in [1.807, 2.05) is 6.07 Å². The minimum atomic E-state index is 0.401. The van der Waals surface area contributed by atoms with Gasteiger partial charge in [-0.15, -0.1) is 0 Å². The minimum absolute atomic E-state index is 0.401. The summed E-state index contributed by atoms with van der Waals surface area (Å²) in [5.41, 5.74) is 8.68. The van der Waals surface area contributed by atoms with Gasteiger partial charge >= 0.3 is 0 Å². The van der Waals surface area contributed by atoms with E-state index in [-0.39, 0.29) is 0 Å². The second-order valence-electron chi connectivity index (χ2n) is 9.74. The lowest BCUT2D eigenvalue weighted by molar-refractivity contribution is 0.151. The third-order valence-corrected chi connectivity index (χ3v) is 7.67. The van der Waals surface area contributed by atoms with Crippen LogP contribution in [0.3, 0.4) is 0 Å². The Kier molecular flexibility index (Phi) is 6.41. The number of piperidine rings is 1. The number of hydrogen-bond donors (Lipinski definition) is 1. The van der Waals surface area contributed by atoms with Crippen LogP contribution >= 0.6 is 0 Å². The maximum Gasteiger partial charge on any atom is 0.126 e. The molecule has 1 saturated heterocycles. The summed E-state index contributed by atoms with van der Waals surface area (Å²) < 4.78 is 6.38. The zero-order chi connectivity index (χ0) is 22.8. The van der Waals surface area contributed by atoms with Gasteiger partial charge in [0.1, 0.15) is 18.1 Å². The van der Waals surface area contributed by atoms with Crippen LogP contribution in [0.15, 0.2) is 54.6 Å². The van der Waals surface area contributed by atoms with Crippen LogP contribution in [0.2, 0.25) is 0 Å². The smallest absolute Gasteiger partial charge is 0.126 e. The average molecular weight is 442 g/mol. The molecule has 3 nitrogen and oxygen atoms in total. The molecule has 1 atom stereocenters. The van der Waals surface area contributed by atoms with Crippen LogP contribution in [0.1, 0.15) is 60.4 Å². The quantitative estimate of drug-likeness (QED) is 0.456. The molecule has 0 unspecified atom stereocenters. The zero-order valence-corrected chi connectivity index (χ0v) is 19.9. The van der Waals surface area contributed by atoms with Crippen molar-refractivity contribution in [1.29, 1.82) is 0 Å². The lowest BCUT2D eigenvalue weighted by Gasteiger charge is -2.34. The van der Waals surface area contributed by atoms with Crippen LogP contribution in [0, 0.1) is 6.92 Å². The van der Waals surface area contributed by atoms with E-state index in [1.54, 1.807) is 0 Å². The summed E-state index contributed by atoms with van der Waals surface area (Å²) >= 11 is 0. The van der Waals surface area contributed by atoms with Crippen LogP contribution in [0.25, 0.3) is 11.1 Å². The number of phenolic OH excluding ortho intramolecular Hbond substituents is 1. The number of aromatic hydroxyl groups is 1. The van der Waals surface area contributed by atoms with E-state index in [4.69, 9.17) is 4.74 Å². The molecule has 3 aromatic carbocycles. The van der Waals surface area contributed by atoms with E-state index in [0.29, 0.717) is 18.4 Å². The predicted octanol–water partition coefficient (Wildman–Crippen LogP) is 6.81. The topological polar surface area (TPSA) is 32.7 Å². The SMILES string of the molecule is Cc1c(COc2cc(O)c(CN3CCCC[C@H]3C)c3c2CCC3)cccc1-c1ccccc1. The van der Waals surface area contributed by atoms with Crippen molar-refractivity contribution in [3.63, 3.8) is 0 Å². The largest absolute Gasteiger partial charge is 0.507 e. The summed E-state index contributed by atoms with van der Waals surface area (Å²) in [7, 11) is 0. The van der Waals surface area contributed by atoms with E-state index < -0.39 is 0 Å². The number of rotatable bonds is 6. The van der Waals surface area contributed by atoms with E-state index in [9.17, 15) is 5.11 Å². The molecule has 0 amide bonds. The highest BCUT2D eigenvalue weighted by Gasteiger charge is 2.26. The van der Waals surface area contributed by atoms with E-state index in [0.717, 1.165) is 43.7 Å². The highest BCUT2D eigenvalue weighted by atomic mass is 16.5. The fourth-order valence-electron chi connectivity index (χ4n) is 5.63. The molecule has 2 aliphatic rings. The minimum Gasteiger partial charge on any atom is -0.507 e. The molecule has 1 N–H and O–H groups in total. The van der Waals surface area contributed by atoms with Gasteiger partial charge in [0.15, 0.2) is 0 Å². The lowest BCUT2D eigenvalue weighted by Crippen LogP contribution is -2.37. The van der Waals surface area contributed by atoms with Crippen LogP contribution in [-0.4, -0.2) is 22.6 Å². The fraction of sp³-hybridized carbons (Fsp3) is 0.400. The molecule has 1 fully saturated rings. The second-order valence-corrected chi connectivity index (χ2v) is 9.74. The molecule has 0 saturated carbocycles. The Morgan fingerprint density at radius 1 is 0.970 bits per heavy atom. The Morgan fingerprint density at radius 3 is 2.61 bits per heavy atom. The Labute approximate surface area is 198 Å². The fourth-order valence-corrected chi connectivity index (χ4v) is 5.63. The monoisotopic (exact) mass is 441 g/mol. The van der Waals surface area contributed by atoms with Gasteiger partial charge in [-0.1, -0.05) is 55.0 Å². The van der Waals surface area contributed by atoms with E-state index in [2.05, 4.69) is 67.3 Å². The Morgan fingerprint density at radius 2 is 1.79 bits per heavy atom. The van der Waals surface area contributed by atoms with Crippen molar-refractivity contribution < 1.29 is 9.84 Å². The van der Waals surface area contributed by atoms with E-state index >= 15 is 0 Å². The van der Waals surface area contributed by atoms with Gasteiger partial charge in [-0.25, -0.2) is 0 Å². The Bertz CT molecular complexity index is 1120. The Balaban J connectivity index is 1.38. The predicted molar refractivity (Wildman–Crippen MR) is 135 cm³/mol. The summed E-state index contributed by atoms with van der Waals surface area (Å²) in [6.07, 6.45) is 7.05. The van der Waals surface area contributed by atoms with Gasteiger partial charge in [0.05, 0.1) is 0 Å². The maximum absolute atomic E-state index is 11.0. The summed E-state index contributed by atoms with van der Waals surface area (Å²) in [4.78, 5) is 2.54. The molecule has 3 aromatic rings. The van der Waals surface area contributed by atoms with Crippen LogP contribution < -0.4 is 4.74 Å². The van der Waals surface area contributed by atoms with Crippen molar-refractivity contribution >= 4 is 0 Å². The first-order chi connectivity index (χ1) is 16.1. The Hall–Kier alpha value is -2.78. The molecule has 3 heteroatoms. The number of phenols is 1. The van der Waals surface area contributed by atoms with Gasteiger partial charge in [-0.3, -0.25) is 4.90 Å². The van der Waals surface area contributed by atoms with Gasteiger partial charge in [0.25, 0.3) is 0 Å². The normalized spacial score (nSPS) is 18.3. The molecule has 0 radical (unpaired) electrons. The lowest BCUT2D eigenvalue weighted by atomic mass is 9.96. The maximum atomic E-state index is 11.0. The van der Waals surface area contributed by atoms with Crippen molar-refractivity contribution in [1.82, 2.24) is 4.90 Å². The first-order valence-corrected chi connectivity index (χ1v) is 12.5. The summed E-state index contributed by atoms with van der Waals surface area (Å²) in [6, 6.07) is 19.4. The highest BCUT2D eigenvalue weighted by Crippen LogP contribution is 2.40. The molecule has 5 rings (SSSR count). The van der Waals surface area contributed by atoms with Crippen LogP contribution in [-0.2, 0) is 26.0 Å². The molecule has 0 spiro atoms. The molecule has 1 aliphatic heterocycles. The van der Waals surface area contributed by atoms with Crippen LogP contribution in [0.4, 0.5) is 0 Å². The number of ether oxygens (including phenoxy) is 1. The second kappa shape index (κ2) is 9.61. The third kappa shape index (κ3) is 4.52. The van der Waals surface area contributed by atoms with Gasteiger partial charge in [0, 0.05) is 24.2 Å². The molecule has 0 bridgehead atoms. The van der Waals surface area contributed by atoms with E-state index in [1.165, 1.54) is 52.6 Å². The van der Waals surface area contributed by atoms with Gasteiger partial charge in [-0.05, 0) is 85.9 Å². The number of nitrogens with zero attached hydrogens (tertiary/aromatic N) is 1. The van der Waals surface area contributed by atoms with Crippen LogP contribution in [0.5, 0.6) is 11.5 Å². The number of hydrogen-bond acceptors (Lipinski definition) is 3. The number of likely N-dealkylation sites (tertiary alicyclic amines) is 1. The summed E-state index contributed by atoms with van der Waals surface area (Å²) in [5.74, 6) is 1.26. The first-order valence-electron chi connectivity index (χ1n) is 12.5. The number of benzene rings is 3. The summed E-state index contributed by atoms with van der Waals surface area (Å²) in [5, 5.41) is 11.0. The van der Waals surface area contributed by atoms with Crippen molar-refractivity contribution in [2.24, 2.45) is 0 Å².